The summed E-state index contributed by atoms with van der Waals surface area (Å²) >= 11 is 0. The maximum atomic E-state index is 13.5. The van der Waals surface area contributed by atoms with E-state index in [1.54, 1.807) is 30.9 Å². The van der Waals surface area contributed by atoms with E-state index in [0.717, 1.165) is 19.0 Å². The van der Waals surface area contributed by atoms with Crippen molar-refractivity contribution < 1.29 is 24.0 Å². The van der Waals surface area contributed by atoms with Crippen LogP contribution >= 0.6 is 0 Å². The average Bonchev–Trinajstić information content (AvgIpc) is 3.25. The number of nitrogens with one attached hydrogen (secondary N) is 2. The maximum absolute atomic E-state index is 13.5. The molecule has 0 unspecified atom stereocenters. The normalized spacial score (nSPS) is 21.2. The minimum Gasteiger partial charge on any atom is -0.488 e. The number of aromatic nitrogens is 1. The summed E-state index contributed by atoms with van der Waals surface area (Å²) < 4.78 is 11.8. The van der Waals surface area contributed by atoms with E-state index in [2.05, 4.69) is 34.7 Å². The number of aryl methyl sites for hydroxylation is 2. The van der Waals surface area contributed by atoms with Gasteiger partial charge in [0.1, 0.15) is 23.2 Å². The van der Waals surface area contributed by atoms with E-state index in [1.807, 2.05) is 13.0 Å². The van der Waals surface area contributed by atoms with Gasteiger partial charge in [0.15, 0.2) is 5.76 Å². The largest absolute Gasteiger partial charge is 0.488 e. The zero-order chi connectivity index (χ0) is 28.8. The van der Waals surface area contributed by atoms with Gasteiger partial charge in [-0.05, 0) is 64.8 Å². The SMILES string of the molecule is Cc1noc(C)c1NC(=O)Nc1ccc2c(c1)CC(=O)N([C@@H](C)CO)C[C@@H](C)[C@H](CN(C)CC1CCCCC1)O2. The second-order valence-electron chi connectivity index (χ2n) is 11.7. The molecule has 0 radical (unpaired) electrons. The molecular formula is C30H45N5O5. The molecule has 1 fully saturated rings. The molecule has 1 aliphatic carbocycles. The fourth-order valence-electron chi connectivity index (χ4n) is 5.85. The summed E-state index contributed by atoms with van der Waals surface area (Å²) in [5.41, 5.74) is 2.36. The number of benzene rings is 1. The number of fused-ring (bicyclic) bond motifs is 1. The van der Waals surface area contributed by atoms with Gasteiger partial charge in [0.05, 0.1) is 19.1 Å². The molecule has 1 aliphatic heterocycles. The van der Waals surface area contributed by atoms with E-state index in [-0.39, 0.29) is 37.0 Å². The quantitative estimate of drug-likeness (QED) is 0.436. The van der Waals surface area contributed by atoms with E-state index in [9.17, 15) is 14.7 Å². The van der Waals surface area contributed by atoms with Crippen LogP contribution < -0.4 is 15.4 Å². The average molecular weight is 556 g/mol. The van der Waals surface area contributed by atoms with E-state index < -0.39 is 6.03 Å². The van der Waals surface area contributed by atoms with Crippen LogP contribution in [0.3, 0.4) is 0 Å². The van der Waals surface area contributed by atoms with Gasteiger partial charge in [0.25, 0.3) is 0 Å². The van der Waals surface area contributed by atoms with Crippen molar-refractivity contribution in [2.24, 2.45) is 11.8 Å². The van der Waals surface area contributed by atoms with Gasteiger partial charge in [-0.2, -0.15) is 0 Å². The van der Waals surface area contributed by atoms with Crippen LogP contribution in [0.1, 0.15) is 63.0 Å². The molecule has 0 bridgehead atoms. The fraction of sp³-hybridized carbons (Fsp3) is 0.633. The zero-order valence-corrected chi connectivity index (χ0v) is 24.5. The second kappa shape index (κ2) is 13.5. The summed E-state index contributed by atoms with van der Waals surface area (Å²) in [5, 5.41) is 19.4. The van der Waals surface area contributed by atoms with Crippen molar-refractivity contribution in [3.63, 3.8) is 0 Å². The molecule has 1 aromatic heterocycles. The van der Waals surface area contributed by atoms with Crippen LogP contribution in [0.15, 0.2) is 22.7 Å². The van der Waals surface area contributed by atoms with Crippen LogP contribution in [-0.4, -0.2) is 77.4 Å². The molecule has 10 heteroatoms. The Kier molecular flexibility index (Phi) is 10.1. The summed E-state index contributed by atoms with van der Waals surface area (Å²) in [6.45, 7) is 9.64. The third-order valence-electron chi connectivity index (χ3n) is 8.23. The Hall–Kier alpha value is -3.11. The second-order valence-corrected chi connectivity index (χ2v) is 11.7. The van der Waals surface area contributed by atoms with Gasteiger partial charge < -0.3 is 34.8 Å². The van der Waals surface area contributed by atoms with Crippen molar-refractivity contribution in [3.8, 4) is 5.75 Å². The molecule has 2 aromatic rings. The van der Waals surface area contributed by atoms with Gasteiger partial charge in [-0.25, -0.2) is 4.79 Å². The van der Waals surface area contributed by atoms with E-state index in [4.69, 9.17) is 9.26 Å². The van der Waals surface area contributed by atoms with Gasteiger partial charge in [0, 0.05) is 36.8 Å². The molecule has 3 N–H and O–H groups in total. The Morgan fingerprint density at radius 2 is 1.95 bits per heavy atom. The number of aliphatic hydroxyl groups is 1. The predicted molar refractivity (Wildman–Crippen MR) is 155 cm³/mol. The Bertz CT molecular complexity index is 1140. The Balaban J connectivity index is 1.54. The number of amides is 3. The molecule has 1 saturated carbocycles. The van der Waals surface area contributed by atoms with Gasteiger partial charge >= 0.3 is 6.03 Å². The van der Waals surface area contributed by atoms with Crippen molar-refractivity contribution in [1.82, 2.24) is 15.0 Å². The molecule has 3 amide bonds. The standard InChI is InChI=1S/C30H45N5O5/c1-19-15-35(20(2)18-36)28(37)14-24-13-25(31-30(38)32-29-21(3)33-40-22(29)4)11-12-26(24)39-27(19)17-34(5)16-23-9-7-6-8-10-23/h11-13,19-20,23,27,36H,6-10,14-18H2,1-5H3,(H2,31,32,38)/t19-,20+,27+/m1/s1. The number of urea groups is 1. The zero-order valence-electron chi connectivity index (χ0n) is 24.5. The first-order valence-corrected chi connectivity index (χ1v) is 14.5. The molecule has 2 heterocycles. The van der Waals surface area contributed by atoms with Gasteiger partial charge in [-0.1, -0.05) is 31.3 Å². The van der Waals surface area contributed by atoms with Crippen LogP contribution in [0, 0.1) is 25.7 Å². The smallest absolute Gasteiger partial charge is 0.323 e. The third-order valence-corrected chi connectivity index (χ3v) is 8.23. The van der Waals surface area contributed by atoms with Crippen molar-refractivity contribution in [3.05, 3.63) is 35.2 Å². The number of anilines is 2. The number of aliphatic hydroxyl groups excluding tert-OH is 1. The summed E-state index contributed by atoms with van der Waals surface area (Å²) in [7, 11) is 2.15. The number of rotatable bonds is 8. The van der Waals surface area contributed by atoms with Crippen LogP contribution in [0.25, 0.3) is 0 Å². The minimum absolute atomic E-state index is 0.0522. The number of nitrogens with zero attached hydrogens (tertiary/aromatic N) is 3. The number of carbonyl (C=O) groups excluding carboxylic acids is 2. The van der Waals surface area contributed by atoms with Crippen molar-refractivity contribution >= 4 is 23.3 Å². The molecular weight excluding hydrogens is 510 g/mol. The molecule has 4 rings (SSSR count). The summed E-state index contributed by atoms with van der Waals surface area (Å²) in [5.74, 6) is 1.86. The molecule has 0 spiro atoms. The number of likely N-dealkylation sites (N-methyl/N-ethyl adjacent to an activating group) is 1. The summed E-state index contributed by atoms with van der Waals surface area (Å²) in [6.07, 6.45) is 6.49. The van der Waals surface area contributed by atoms with Crippen LogP contribution in [0.4, 0.5) is 16.2 Å². The van der Waals surface area contributed by atoms with Gasteiger partial charge in [-0.3, -0.25) is 4.79 Å². The van der Waals surface area contributed by atoms with E-state index in [0.29, 0.717) is 40.7 Å². The van der Waals surface area contributed by atoms with Gasteiger partial charge in [0.2, 0.25) is 5.91 Å². The third kappa shape index (κ3) is 7.54. The van der Waals surface area contributed by atoms with Crippen LogP contribution in [0.2, 0.25) is 0 Å². The molecule has 10 nitrogen and oxygen atoms in total. The lowest BCUT2D eigenvalue weighted by Gasteiger charge is -2.35. The minimum atomic E-state index is -0.434. The summed E-state index contributed by atoms with van der Waals surface area (Å²) in [6, 6.07) is 4.67. The highest BCUT2D eigenvalue weighted by molar-refractivity contribution is 6.00. The Labute approximate surface area is 237 Å². The molecule has 2 aliphatic rings. The number of ether oxygens (including phenoxy) is 1. The number of hydrogen-bond acceptors (Lipinski definition) is 7. The maximum Gasteiger partial charge on any atom is 0.323 e. The molecule has 40 heavy (non-hydrogen) atoms. The van der Waals surface area contributed by atoms with E-state index >= 15 is 0 Å². The molecule has 0 saturated heterocycles. The highest BCUT2D eigenvalue weighted by atomic mass is 16.5. The first kappa shape index (κ1) is 29.9. The first-order valence-electron chi connectivity index (χ1n) is 14.5. The molecule has 3 atom stereocenters. The molecule has 1 aromatic carbocycles. The topological polar surface area (TPSA) is 120 Å². The van der Waals surface area contributed by atoms with Crippen LogP contribution in [0.5, 0.6) is 5.75 Å². The van der Waals surface area contributed by atoms with Crippen LogP contribution in [-0.2, 0) is 11.2 Å². The fourth-order valence-corrected chi connectivity index (χ4v) is 5.85. The van der Waals surface area contributed by atoms with Crippen molar-refractivity contribution in [2.75, 3.05) is 43.9 Å². The number of hydrogen-bond donors (Lipinski definition) is 3. The van der Waals surface area contributed by atoms with Crippen molar-refractivity contribution in [1.29, 1.82) is 0 Å². The lowest BCUT2D eigenvalue weighted by atomic mass is 9.89. The lowest BCUT2D eigenvalue weighted by molar-refractivity contribution is -0.134. The number of carbonyl (C=O) groups is 2. The highest BCUT2D eigenvalue weighted by Gasteiger charge is 2.31. The first-order chi connectivity index (χ1) is 19.1. The lowest BCUT2D eigenvalue weighted by Crippen LogP contribution is -2.48. The van der Waals surface area contributed by atoms with E-state index in [1.165, 1.54) is 32.1 Å². The Morgan fingerprint density at radius 1 is 1.20 bits per heavy atom. The van der Waals surface area contributed by atoms with Gasteiger partial charge in [-0.15, -0.1) is 0 Å². The predicted octanol–water partition coefficient (Wildman–Crippen LogP) is 4.60. The highest BCUT2D eigenvalue weighted by Crippen LogP contribution is 2.30. The molecule has 220 valence electrons. The van der Waals surface area contributed by atoms with Crippen molar-refractivity contribution in [2.45, 2.75) is 78.4 Å². The summed E-state index contributed by atoms with van der Waals surface area (Å²) in [4.78, 5) is 30.3. The monoisotopic (exact) mass is 555 g/mol. The Morgan fingerprint density at radius 3 is 2.62 bits per heavy atom.